The monoisotopic (exact) mass is 779 g/mol. The zero-order valence-corrected chi connectivity index (χ0v) is 36.3. The predicted molar refractivity (Wildman–Crippen MR) is 228 cm³/mol. The Morgan fingerprint density at radius 1 is 0.648 bits per heavy atom. The van der Waals surface area contributed by atoms with Gasteiger partial charge in [-0.15, -0.1) is 0 Å². The van der Waals surface area contributed by atoms with Crippen molar-refractivity contribution in [1.82, 2.24) is 5.32 Å². The number of carbonyl (C=O) groups excluding carboxylic acids is 1. The van der Waals surface area contributed by atoms with E-state index in [0.717, 1.165) is 64.2 Å². The van der Waals surface area contributed by atoms with Gasteiger partial charge in [0.2, 0.25) is 5.91 Å². The highest BCUT2D eigenvalue weighted by Gasteiger charge is 2.23. The summed E-state index contributed by atoms with van der Waals surface area (Å²) in [5.74, 6) is -0.223. The van der Waals surface area contributed by atoms with Crippen LogP contribution < -0.4 is 10.2 Å². The van der Waals surface area contributed by atoms with Gasteiger partial charge in [0.25, 0.3) is 7.82 Å². The van der Waals surface area contributed by atoms with E-state index >= 15 is 0 Å². The first kappa shape index (κ1) is 52.2. The van der Waals surface area contributed by atoms with Crippen molar-refractivity contribution in [2.45, 2.75) is 180 Å². The van der Waals surface area contributed by atoms with Crippen LogP contribution in [0.25, 0.3) is 0 Å². The van der Waals surface area contributed by atoms with Gasteiger partial charge in [-0.2, -0.15) is 0 Å². The van der Waals surface area contributed by atoms with Crippen LogP contribution in [0.15, 0.2) is 60.8 Å². The Balaban J connectivity index is 4.54. The maximum atomic E-state index is 12.8. The van der Waals surface area contributed by atoms with E-state index in [9.17, 15) is 19.4 Å². The van der Waals surface area contributed by atoms with Crippen LogP contribution in [0.2, 0.25) is 0 Å². The molecule has 9 heteroatoms. The van der Waals surface area contributed by atoms with E-state index < -0.39 is 26.6 Å². The fourth-order valence-corrected chi connectivity index (χ4v) is 6.41. The van der Waals surface area contributed by atoms with Gasteiger partial charge in [-0.3, -0.25) is 9.36 Å². The quantitative estimate of drug-likeness (QED) is 0.0280. The molecule has 0 saturated carbocycles. The van der Waals surface area contributed by atoms with E-state index in [1.54, 1.807) is 6.08 Å². The van der Waals surface area contributed by atoms with Crippen LogP contribution in [0.3, 0.4) is 0 Å². The Labute approximate surface area is 332 Å². The van der Waals surface area contributed by atoms with Gasteiger partial charge in [-0.1, -0.05) is 145 Å². The van der Waals surface area contributed by atoms with Gasteiger partial charge in [-0.05, 0) is 77.0 Å². The molecule has 0 aromatic heterocycles. The van der Waals surface area contributed by atoms with Crippen LogP contribution >= 0.6 is 7.82 Å². The number of nitrogens with zero attached hydrogens (tertiary/aromatic N) is 1. The molecule has 0 bridgehead atoms. The number of aliphatic hydroxyl groups excluding tert-OH is 1. The van der Waals surface area contributed by atoms with Crippen molar-refractivity contribution in [3.63, 3.8) is 0 Å². The molecule has 0 aliphatic heterocycles. The number of phosphoric ester groups is 1. The highest BCUT2D eigenvalue weighted by Crippen LogP contribution is 2.38. The lowest BCUT2D eigenvalue weighted by molar-refractivity contribution is -0.870. The van der Waals surface area contributed by atoms with Gasteiger partial charge in [0.1, 0.15) is 13.2 Å². The fraction of sp³-hybridized carbons (Fsp3) is 0.756. The zero-order valence-electron chi connectivity index (χ0n) is 35.4. The third-order valence-corrected chi connectivity index (χ3v) is 10.1. The van der Waals surface area contributed by atoms with E-state index in [4.69, 9.17) is 9.05 Å². The highest BCUT2D eigenvalue weighted by molar-refractivity contribution is 7.45. The minimum absolute atomic E-state index is 0.0130. The molecule has 0 aromatic rings. The maximum absolute atomic E-state index is 12.8. The Kier molecular flexibility index (Phi) is 35.6. The highest BCUT2D eigenvalue weighted by atomic mass is 31.2. The van der Waals surface area contributed by atoms with Crippen LogP contribution in [-0.2, 0) is 18.4 Å². The number of carbonyl (C=O) groups is 1. The first-order valence-corrected chi connectivity index (χ1v) is 23.1. The molecule has 0 heterocycles. The first-order valence-electron chi connectivity index (χ1n) is 21.7. The molecule has 0 aliphatic rings. The summed E-state index contributed by atoms with van der Waals surface area (Å²) in [6, 6.07) is -0.914. The molecule has 0 radical (unpaired) electrons. The van der Waals surface area contributed by atoms with E-state index in [0.29, 0.717) is 17.4 Å². The second-order valence-corrected chi connectivity index (χ2v) is 17.1. The zero-order chi connectivity index (χ0) is 40.0. The van der Waals surface area contributed by atoms with Gasteiger partial charge in [0.05, 0.1) is 39.9 Å². The number of hydrogen-bond acceptors (Lipinski definition) is 6. The molecule has 1 amide bonds. The molecule has 8 nitrogen and oxygen atoms in total. The minimum Gasteiger partial charge on any atom is -0.756 e. The van der Waals surface area contributed by atoms with Crippen LogP contribution in [0, 0.1) is 0 Å². The number of amides is 1. The molecule has 0 aromatic carbocycles. The molecule has 314 valence electrons. The molecular weight excluding hydrogens is 695 g/mol. The average molecular weight is 779 g/mol. The number of unbranched alkanes of at least 4 members (excludes halogenated alkanes) is 17. The minimum atomic E-state index is -4.60. The number of rotatable bonds is 38. The summed E-state index contributed by atoms with van der Waals surface area (Å²) in [5.41, 5.74) is 0. The Morgan fingerprint density at radius 2 is 1.09 bits per heavy atom. The Bertz CT molecular complexity index is 1060. The summed E-state index contributed by atoms with van der Waals surface area (Å²) in [5, 5.41) is 13.7. The molecule has 0 aliphatic carbocycles. The summed E-state index contributed by atoms with van der Waals surface area (Å²) < 4.78 is 23.1. The molecule has 0 fully saturated rings. The number of quaternary nitrogens is 1. The van der Waals surface area contributed by atoms with E-state index in [1.165, 1.54) is 83.5 Å². The lowest BCUT2D eigenvalue weighted by Gasteiger charge is -2.29. The third kappa shape index (κ3) is 38.5. The third-order valence-electron chi connectivity index (χ3n) is 9.18. The standard InChI is InChI=1S/C45H83N2O6P/c1-6-8-10-12-14-16-18-20-22-23-25-27-29-31-33-35-37-39-45(49)46-43(42-53-54(50,51)52-41-40-47(3,4)5)44(48)38-36-34-32-30-28-26-24-21-19-17-15-13-11-9-7-2/h14,16,19-22,28,30,36,38,43-44,48H,6-13,15,17-18,23-27,29,31-35,37,39-42H2,1-5H3,(H-,46,49,50,51)/b16-14-,21-19+,22-20-,30-28+,38-36+. The molecule has 2 N–H and O–H groups in total. The molecular formula is C45H83N2O6P. The number of phosphoric acid groups is 1. The number of likely N-dealkylation sites (N-methyl/N-ethyl adjacent to an activating group) is 1. The van der Waals surface area contributed by atoms with Crippen molar-refractivity contribution in [1.29, 1.82) is 0 Å². The van der Waals surface area contributed by atoms with Crippen molar-refractivity contribution in [2.24, 2.45) is 0 Å². The summed E-state index contributed by atoms with van der Waals surface area (Å²) in [4.78, 5) is 25.3. The lowest BCUT2D eigenvalue weighted by Crippen LogP contribution is -2.45. The van der Waals surface area contributed by atoms with Crippen molar-refractivity contribution in [3.05, 3.63) is 60.8 Å². The summed E-state index contributed by atoms with van der Waals surface area (Å²) in [6.07, 6.45) is 46.9. The van der Waals surface area contributed by atoms with E-state index in [2.05, 4.69) is 67.8 Å². The number of nitrogens with one attached hydrogen (secondary N) is 1. The van der Waals surface area contributed by atoms with Crippen molar-refractivity contribution >= 4 is 13.7 Å². The molecule has 54 heavy (non-hydrogen) atoms. The van der Waals surface area contributed by atoms with Crippen LogP contribution in [0.5, 0.6) is 0 Å². The largest absolute Gasteiger partial charge is 0.756 e. The first-order chi connectivity index (χ1) is 26.0. The SMILES string of the molecule is CCCCC/C=C\C/C=C\CCCCCCCCCC(=O)NC(COP(=O)([O-])OCC[N+](C)(C)C)C(O)/C=C/CC/C=C/CC/C=C/CCCCCCC. The normalized spacial score (nSPS) is 15.0. The predicted octanol–water partition coefficient (Wildman–Crippen LogP) is 11.2. The van der Waals surface area contributed by atoms with Crippen LogP contribution in [-0.4, -0.2) is 68.5 Å². The molecule has 0 rings (SSSR count). The van der Waals surface area contributed by atoms with E-state index in [1.807, 2.05) is 27.2 Å². The fourth-order valence-electron chi connectivity index (χ4n) is 5.68. The van der Waals surface area contributed by atoms with Gasteiger partial charge in [0, 0.05) is 6.42 Å². The summed E-state index contributed by atoms with van der Waals surface area (Å²) in [7, 11) is 1.22. The summed E-state index contributed by atoms with van der Waals surface area (Å²) >= 11 is 0. The Morgan fingerprint density at radius 3 is 1.65 bits per heavy atom. The van der Waals surface area contributed by atoms with Crippen LogP contribution in [0.4, 0.5) is 0 Å². The Hall–Kier alpha value is -1.80. The smallest absolute Gasteiger partial charge is 0.268 e. The van der Waals surface area contributed by atoms with Crippen molar-refractivity contribution in [2.75, 3.05) is 40.9 Å². The van der Waals surface area contributed by atoms with Crippen molar-refractivity contribution < 1.29 is 32.9 Å². The molecule has 3 atom stereocenters. The second kappa shape index (κ2) is 36.8. The number of allylic oxidation sites excluding steroid dienone is 9. The van der Waals surface area contributed by atoms with Gasteiger partial charge in [0.15, 0.2) is 0 Å². The van der Waals surface area contributed by atoms with Gasteiger partial charge >= 0.3 is 0 Å². The molecule has 0 spiro atoms. The lowest BCUT2D eigenvalue weighted by atomic mass is 10.1. The molecule has 0 saturated heterocycles. The average Bonchev–Trinajstić information content (AvgIpc) is 3.12. The van der Waals surface area contributed by atoms with Gasteiger partial charge < -0.3 is 28.8 Å². The van der Waals surface area contributed by atoms with Gasteiger partial charge in [-0.25, -0.2) is 0 Å². The van der Waals surface area contributed by atoms with Crippen LogP contribution in [0.1, 0.15) is 168 Å². The van der Waals surface area contributed by atoms with E-state index in [-0.39, 0.29) is 12.5 Å². The maximum Gasteiger partial charge on any atom is 0.268 e. The van der Waals surface area contributed by atoms with Crippen molar-refractivity contribution in [3.8, 4) is 0 Å². The summed E-state index contributed by atoms with van der Waals surface area (Å²) in [6.45, 7) is 4.55. The second-order valence-electron chi connectivity index (χ2n) is 15.7. The number of aliphatic hydroxyl groups is 1. The molecule has 3 unspecified atom stereocenters. The number of hydrogen-bond donors (Lipinski definition) is 2. The topological polar surface area (TPSA) is 108 Å².